The molecule has 4 atom stereocenters. The van der Waals surface area contributed by atoms with E-state index >= 15 is 0 Å². The topological polar surface area (TPSA) is 222 Å². The Morgan fingerprint density at radius 2 is 1.11 bits per heavy atom. The highest BCUT2D eigenvalue weighted by Gasteiger charge is 2.49. The zero-order chi connectivity index (χ0) is 48.9. The summed E-state index contributed by atoms with van der Waals surface area (Å²) in [7, 11) is -3.31. The van der Waals surface area contributed by atoms with Crippen molar-refractivity contribution in [3.8, 4) is 0 Å². The maximum absolute atomic E-state index is 14.4. The number of nitrogens with one attached hydrogen (secondary N) is 5. The van der Waals surface area contributed by atoms with E-state index in [1.54, 1.807) is 46.4 Å². The van der Waals surface area contributed by atoms with Crippen LogP contribution < -0.4 is 26.6 Å². The number of rotatable bonds is 20. The Morgan fingerprint density at radius 1 is 0.652 bits per heavy atom. The Bertz CT molecular complexity index is 2060. The number of carbonyl (C=O) groups is 6. The minimum absolute atomic E-state index is 0.0652. The lowest BCUT2D eigenvalue weighted by Crippen LogP contribution is -2.63. The summed E-state index contributed by atoms with van der Waals surface area (Å²) in [5.41, 5.74) is -0.194. The van der Waals surface area contributed by atoms with Crippen molar-refractivity contribution in [2.45, 2.75) is 142 Å². The predicted molar refractivity (Wildman–Crippen MR) is 251 cm³/mol. The van der Waals surface area contributed by atoms with Gasteiger partial charge in [-0.1, -0.05) is 74.5 Å². The van der Waals surface area contributed by atoms with E-state index in [2.05, 4.69) is 26.6 Å². The quantitative estimate of drug-likeness (QED) is 0.118. The highest BCUT2D eigenvalue weighted by atomic mass is 32.2. The van der Waals surface area contributed by atoms with Gasteiger partial charge >= 0.3 is 12.2 Å². The Hall–Kier alpha value is -5.23. The fraction of sp³-hybridized carbons (Fsp3) is 0.625. The number of piperidine rings is 1. The molecule has 2 heterocycles. The third-order valence-electron chi connectivity index (χ3n) is 11.4. The molecule has 0 unspecified atom stereocenters. The molecule has 17 nitrogen and oxygen atoms in total. The van der Waals surface area contributed by atoms with Crippen LogP contribution in [0.25, 0.3) is 0 Å². The second-order valence-electron chi connectivity index (χ2n) is 20.2. The second-order valence-corrected chi connectivity index (χ2v) is 22.2. The van der Waals surface area contributed by atoms with Gasteiger partial charge < -0.3 is 41.0 Å². The molecule has 2 aromatic rings. The van der Waals surface area contributed by atoms with Crippen LogP contribution in [0, 0.1) is 11.3 Å². The van der Waals surface area contributed by atoms with Gasteiger partial charge in [-0.2, -0.15) is 0 Å². The third kappa shape index (κ3) is 17.9. The SMILES string of the molecule is CC(C)C[C@@H](NC(=O)[C@@H](Cc1ccccc1)NC(=O)[C@@H](Cc1ccccc1)NC(=O)OC(C)(C)C)C(=O)N[C@H](CCCCNC(=O)OC(C)(C)C)C(=O)N1CCC2(CC1)CN(S(C)(=O)=O)C2. The van der Waals surface area contributed by atoms with Gasteiger partial charge in [-0.15, -0.1) is 0 Å². The van der Waals surface area contributed by atoms with E-state index in [9.17, 15) is 37.2 Å². The van der Waals surface area contributed by atoms with E-state index in [0.29, 0.717) is 51.9 Å². The summed E-state index contributed by atoms with van der Waals surface area (Å²) in [5, 5.41) is 14.1. The van der Waals surface area contributed by atoms with Crippen molar-refractivity contribution in [3.05, 3.63) is 71.8 Å². The number of sulfonamides is 1. The van der Waals surface area contributed by atoms with Gasteiger partial charge in [0.05, 0.1) is 6.26 Å². The van der Waals surface area contributed by atoms with Crippen LogP contribution in [0.5, 0.6) is 0 Å². The molecule has 366 valence electrons. The molecular formula is C48H73N7O10S. The van der Waals surface area contributed by atoms with Crippen molar-refractivity contribution in [2.24, 2.45) is 11.3 Å². The normalized spacial score (nSPS) is 17.0. The average Bonchev–Trinajstić information content (AvgIpc) is 3.20. The van der Waals surface area contributed by atoms with Gasteiger partial charge in [0.2, 0.25) is 33.7 Å². The van der Waals surface area contributed by atoms with Crippen LogP contribution >= 0.6 is 0 Å². The first-order valence-electron chi connectivity index (χ1n) is 23.0. The smallest absolute Gasteiger partial charge is 0.408 e. The molecule has 2 fully saturated rings. The number of unbranched alkanes of at least 4 members (excludes halogenated alkanes) is 1. The zero-order valence-electron chi connectivity index (χ0n) is 40.2. The van der Waals surface area contributed by atoms with Gasteiger partial charge in [-0.3, -0.25) is 19.2 Å². The number of alkyl carbamates (subject to hydrolysis) is 2. The Kier molecular flexibility index (Phi) is 19.0. The van der Waals surface area contributed by atoms with Crippen LogP contribution in [0.3, 0.4) is 0 Å². The fourth-order valence-electron chi connectivity index (χ4n) is 8.00. The molecule has 2 saturated heterocycles. The number of hydrogen-bond acceptors (Lipinski definition) is 10. The molecule has 2 aliphatic rings. The Morgan fingerprint density at radius 3 is 1.59 bits per heavy atom. The number of likely N-dealkylation sites (tertiary alicyclic amines) is 1. The van der Waals surface area contributed by atoms with Crippen LogP contribution in [0.4, 0.5) is 9.59 Å². The number of carbonyl (C=O) groups excluding carboxylic acids is 6. The van der Waals surface area contributed by atoms with Crippen LogP contribution in [0.1, 0.15) is 105 Å². The van der Waals surface area contributed by atoms with Crippen molar-refractivity contribution in [2.75, 3.05) is 39.0 Å². The lowest BCUT2D eigenvalue weighted by molar-refractivity contribution is -0.140. The fourth-order valence-corrected chi connectivity index (χ4v) is 9.01. The van der Waals surface area contributed by atoms with Gasteiger partial charge in [0.1, 0.15) is 35.4 Å². The Balaban J connectivity index is 1.53. The largest absolute Gasteiger partial charge is 0.444 e. The molecule has 0 saturated carbocycles. The molecule has 4 rings (SSSR count). The van der Waals surface area contributed by atoms with E-state index < -0.39 is 75.3 Å². The first-order chi connectivity index (χ1) is 30.8. The molecule has 18 heteroatoms. The van der Waals surface area contributed by atoms with E-state index in [4.69, 9.17) is 9.47 Å². The summed E-state index contributed by atoms with van der Waals surface area (Å²) in [4.78, 5) is 84.2. The molecule has 0 radical (unpaired) electrons. The minimum Gasteiger partial charge on any atom is -0.444 e. The lowest BCUT2D eigenvalue weighted by Gasteiger charge is -2.53. The highest BCUT2D eigenvalue weighted by molar-refractivity contribution is 7.88. The molecule has 2 aliphatic heterocycles. The molecule has 5 N–H and O–H groups in total. The minimum atomic E-state index is -3.31. The average molecular weight is 940 g/mol. The maximum atomic E-state index is 14.4. The van der Waals surface area contributed by atoms with E-state index in [-0.39, 0.29) is 49.5 Å². The number of amides is 6. The molecule has 66 heavy (non-hydrogen) atoms. The molecule has 0 aliphatic carbocycles. The summed E-state index contributed by atoms with van der Waals surface area (Å²) < 4.78 is 36.4. The monoisotopic (exact) mass is 940 g/mol. The van der Waals surface area contributed by atoms with Crippen LogP contribution in [-0.4, -0.2) is 128 Å². The first-order valence-corrected chi connectivity index (χ1v) is 24.9. The van der Waals surface area contributed by atoms with Crippen LogP contribution in [-0.2, 0) is 51.5 Å². The zero-order valence-corrected chi connectivity index (χ0v) is 41.1. The number of hydrogen-bond donors (Lipinski definition) is 5. The van der Waals surface area contributed by atoms with Gasteiger partial charge in [0.25, 0.3) is 0 Å². The number of nitrogens with zero attached hydrogens (tertiary/aromatic N) is 2. The summed E-state index contributed by atoms with van der Waals surface area (Å²) in [6.45, 7) is 16.1. The standard InChI is InChI=1S/C48H73N7O10S/c1-33(2)28-37(51-41(57)38(29-34-18-12-10-13-19-34)52-42(58)39(30-35-20-14-11-15-21-35)53-45(61)65-47(6,7)8)40(56)50-36(22-16-17-25-49-44(60)64-46(3,4)5)43(59)54-26-23-48(24-27-54)31-55(32-48)66(9,62)63/h10-15,18-21,33,36-39H,16-17,22-32H2,1-9H3,(H,49,60)(H,50,56)(H,51,57)(H,52,58)(H,53,61)/t36-,37-,38-,39-/m1/s1. The highest BCUT2D eigenvalue weighted by Crippen LogP contribution is 2.41. The van der Waals surface area contributed by atoms with Crippen molar-refractivity contribution in [1.82, 2.24) is 35.8 Å². The van der Waals surface area contributed by atoms with Gasteiger partial charge in [-0.25, -0.2) is 22.3 Å². The third-order valence-corrected chi connectivity index (χ3v) is 12.6. The predicted octanol–water partition coefficient (Wildman–Crippen LogP) is 4.44. The number of benzene rings is 2. The summed E-state index contributed by atoms with van der Waals surface area (Å²) in [5.74, 6) is -2.20. The summed E-state index contributed by atoms with van der Waals surface area (Å²) in [6, 6.07) is 13.8. The van der Waals surface area contributed by atoms with Gasteiger partial charge in [0, 0.05) is 51.0 Å². The Labute approximate surface area is 391 Å². The van der Waals surface area contributed by atoms with Crippen molar-refractivity contribution in [3.63, 3.8) is 0 Å². The maximum Gasteiger partial charge on any atom is 0.408 e. The molecule has 0 bridgehead atoms. The van der Waals surface area contributed by atoms with E-state index in [1.165, 1.54) is 10.6 Å². The lowest BCUT2D eigenvalue weighted by atomic mass is 9.73. The second kappa shape index (κ2) is 23.5. The molecule has 1 spiro atoms. The van der Waals surface area contributed by atoms with Crippen molar-refractivity contribution < 1.29 is 46.7 Å². The molecule has 0 aromatic heterocycles. The van der Waals surface area contributed by atoms with E-state index in [1.807, 2.05) is 74.5 Å². The van der Waals surface area contributed by atoms with Gasteiger partial charge in [-0.05, 0) is 97.1 Å². The summed E-state index contributed by atoms with van der Waals surface area (Å²) >= 11 is 0. The van der Waals surface area contributed by atoms with Crippen molar-refractivity contribution in [1.29, 1.82) is 0 Å². The first kappa shape index (κ1) is 53.4. The van der Waals surface area contributed by atoms with Crippen LogP contribution in [0.2, 0.25) is 0 Å². The van der Waals surface area contributed by atoms with Gasteiger partial charge in [0.15, 0.2) is 0 Å². The molecule has 2 aromatic carbocycles. The number of ether oxygens (including phenoxy) is 2. The molecular weight excluding hydrogens is 867 g/mol. The van der Waals surface area contributed by atoms with Crippen LogP contribution in [0.15, 0.2) is 60.7 Å². The summed E-state index contributed by atoms with van der Waals surface area (Å²) in [6.07, 6.45) is 2.64. The molecule has 6 amide bonds. The van der Waals surface area contributed by atoms with E-state index in [0.717, 1.165) is 11.1 Å². The van der Waals surface area contributed by atoms with Crippen molar-refractivity contribution >= 4 is 45.8 Å².